The Bertz CT molecular complexity index is 1120. The van der Waals surface area contributed by atoms with Crippen molar-refractivity contribution >= 4 is 38.5 Å². The maximum atomic E-state index is 12.8. The summed E-state index contributed by atoms with van der Waals surface area (Å²) in [5.41, 5.74) is 1.07. The number of fused-ring (bicyclic) bond motifs is 1. The quantitative estimate of drug-likeness (QED) is 0.564. The van der Waals surface area contributed by atoms with Crippen molar-refractivity contribution in [2.75, 3.05) is 36.9 Å². The molecule has 2 aromatic carbocycles. The molecule has 31 heavy (non-hydrogen) atoms. The Balaban J connectivity index is 1.45. The number of benzene rings is 2. The lowest BCUT2D eigenvalue weighted by Crippen LogP contribution is -2.42. The number of thioether (sulfide) groups is 1. The number of nitrogens with one attached hydrogen (secondary N) is 1. The highest BCUT2D eigenvalue weighted by molar-refractivity contribution is 7.99. The Hall–Kier alpha value is -2.29. The van der Waals surface area contributed by atoms with Crippen LogP contribution < -0.4 is 5.32 Å². The first-order chi connectivity index (χ1) is 15.0. The molecule has 1 fully saturated rings. The van der Waals surface area contributed by atoms with E-state index in [4.69, 9.17) is 0 Å². The predicted molar refractivity (Wildman–Crippen MR) is 127 cm³/mol. The van der Waals surface area contributed by atoms with Crippen molar-refractivity contribution in [2.24, 2.45) is 0 Å². The summed E-state index contributed by atoms with van der Waals surface area (Å²) in [5.74, 6) is 1.44. The second-order valence-corrected chi connectivity index (χ2v) is 10.9. The number of amides is 1. The molecule has 4 rings (SSSR count). The van der Waals surface area contributed by atoms with E-state index in [2.05, 4.69) is 29.6 Å². The van der Waals surface area contributed by atoms with Crippen LogP contribution in [0.2, 0.25) is 0 Å². The zero-order valence-corrected chi connectivity index (χ0v) is 18.9. The van der Waals surface area contributed by atoms with Crippen LogP contribution >= 0.6 is 11.8 Å². The fourth-order valence-electron chi connectivity index (χ4n) is 3.99. The minimum Gasteiger partial charge on any atom is -0.355 e. The summed E-state index contributed by atoms with van der Waals surface area (Å²) in [6, 6.07) is 18.0. The van der Waals surface area contributed by atoms with E-state index in [1.165, 1.54) is 4.31 Å². The summed E-state index contributed by atoms with van der Waals surface area (Å²) < 4.78 is 28.6. The summed E-state index contributed by atoms with van der Waals surface area (Å²) in [4.78, 5) is 12.8. The van der Waals surface area contributed by atoms with E-state index in [0.717, 1.165) is 27.8 Å². The van der Waals surface area contributed by atoms with Crippen LogP contribution in [0.1, 0.15) is 18.0 Å². The summed E-state index contributed by atoms with van der Waals surface area (Å²) in [7, 11) is -3.33. The zero-order chi connectivity index (χ0) is 21.7. The molecule has 1 amide bonds. The first-order valence-corrected chi connectivity index (χ1v) is 13.2. The van der Waals surface area contributed by atoms with Gasteiger partial charge < -0.3 is 9.88 Å². The lowest BCUT2D eigenvalue weighted by Gasteiger charge is -2.25. The van der Waals surface area contributed by atoms with Gasteiger partial charge in [0.25, 0.3) is 0 Å². The van der Waals surface area contributed by atoms with Gasteiger partial charge in [-0.2, -0.15) is 11.8 Å². The molecule has 0 spiro atoms. The van der Waals surface area contributed by atoms with Gasteiger partial charge in [0.05, 0.1) is 18.2 Å². The molecule has 0 unspecified atom stereocenters. The average Bonchev–Trinajstić information content (AvgIpc) is 3.32. The molecule has 3 aromatic rings. The fraction of sp³-hybridized carbons (Fsp3) is 0.348. The molecule has 0 bridgehead atoms. The van der Waals surface area contributed by atoms with Gasteiger partial charge in [0, 0.05) is 43.5 Å². The monoisotopic (exact) mass is 457 g/mol. The maximum Gasteiger partial charge on any atom is 0.222 e. The van der Waals surface area contributed by atoms with Crippen LogP contribution in [0.4, 0.5) is 0 Å². The number of aromatic nitrogens is 1. The van der Waals surface area contributed by atoms with Crippen molar-refractivity contribution in [3.05, 3.63) is 72.6 Å². The molecule has 1 saturated heterocycles. The normalized spacial score (nSPS) is 16.3. The van der Waals surface area contributed by atoms with Crippen molar-refractivity contribution < 1.29 is 13.2 Å². The molecule has 2 heterocycles. The highest BCUT2D eigenvalue weighted by atomic mass is 32.2. The lowest BCUT2D eigenvalue weighted by molar-refractivity contribution is -0.121. The highest BCUT2D eigenvalue weighted by Gasteiger charge is 2.24. The first kappa shape index (κ1) is 21.9. The van der Waals surface area contributed by atoms with Gasteiger partial charge in [-0.1, -0.05) is 42.5 Å². The predicted octanol–water partition coefficient (Wildman–Crippen LogP) is 3.12. The molecule has 1 aromatic heterocycles. The van der Waals surface area contributed by atoms with Crippen LogP contribution in [0.15, 0.2) is 67.0 Å². The molecular weight excluding hydrogens is 430 g/mol. The van der Waals surface area contributed by atoms with Gasteiger partial charge in [0.2, 0.25) is 15.9 Å². The van der Waals surface area contributed by atoms with Crippen molar-refractivity contribution in [3.63, 3.8) is 0 Å². The minimum atomic E-state index is -3.33. The number of carbonyl (C=O) groups is 1. The molecule has 6 nitrogen and oxygen atoms in total. The van der Waals surface area contributed by atoms with Crippen molar-refractivity contribution in [1.29, 1.82) is 0 Å². The third kappa shape index (κ3) is 5.31. The second kappa shape index (κ2) is 9.89. The molecule has 0 radical (unpaired) electrons. The highest BCUT2D eigenvalue weighted by Crippen LogP contribution is 2.29. The third-order valence-electron chi connectivity index (χ3n) is 5.59. The maximum absolute atomic E-state index is 12.8. The van der Waals surface area contributed by atoms with Crippen molar-refractivity contribution in [2.45, 2.75) is 12.5 Å². The zero-order valence-electron chi connectivity index (χ0n) is 17.3. The van der Waals surface area contributed by atoms with E-state index in [9.17, 15) is 13.2 Å². The van der Waals surface area contributed by atoms with Crippen LogP contribution in [-0.4, -0.2) is 60.1 Å². The summed E-state index contributed by atoms with van der Waals surface area (Å²) in [6.07, 6.45) is 4.15. The lowest BCUT2D eigenvalue weighted by atomic mass is 9.96. The molecule has 0 saturated carbocycles. The topological polar surface area (TPSA) is 71.4 Å². The molecule has 1 aliphatic rings. The van der Waals surface area contributed by atoms with Crippen molar-refractivity contribution in [3.8, 4) is 0 Å². The number of hydrogen-bond donors (Lipinski definition) is 1. The van der Waals surface area contributed by atoms with Crippen molar-refractivity contribution in [1.82, 2.24) is 14.2 Å². The summed E-state index contributed by atoms with van der Waals surface area (Å²) in [6.45, 7) is 1.23. The Morgan fingerprint density at radius 2 is 1.71 bits per heavy atom. The molecule has 8 heteroatoms. The molecule has 0 aliphatic carbocycles. The standard InChI is InChI=1S/C23H27N3O3S2/c27-23(24-10-17-31(28,29)26-13-15-30-16-14-26)18-22(25-11-3-4-12-25)21-9-5-7-19-6-1-2-8-20(19)21/h1-9,11-12,22H,10,13-18H2,(H,24,27)/t22-/m1/s1. The van der Waals surface area contributed by atoms with Crippen LogP contribution in [0.5, 0.6) is 0 Å². The Morgan fingerprint density at radius 1 is 1.00 bits per heavy atom. The molecule has 1 atom stereocenters. The van der Waals surface area contributed by atoms with Gasteiger partial charge >= 0.3 is 0 Å². The number of carbonyl (C=O) groups excluding carboxylic acids is 1. The van der Waals surface area contributed by atoms with Crippen LogP contribution in [0.3, 0.4) is 0 Å². The largest absolute Gasteiger partial charge is 0.355 e. The van der Waals surface area contributed by atoms with Gasteiger partial charge in [-0.15, -0.1) is 0 Å². The third-order valence-corrected chi connectivity index (χ3v) is 8.41. The molecular formula is C23H27N3O3S2. The second-order valence-electron chi connectivity index (χ2n) is 7.60. The summed E-state index contributed by atoms with van der Waals surface area (Å²) >= 11 is 1.77. The Kier molecular flexibility index (Phi) is 6.99. The van der Waals surface area contributed by atoms with Gasteiger partial charge in [0.1, 0.15) is 0 Å². The smallest absolute Gasteiger partial charge is 0.222 e. The van der Waals surface area contributed by atoms with E-state index < -0.39 is 10.0 Å². The minimum absolute atomic E-state index is 0.0636. The Morgan fingerprint density at radius 3 is 2.48 bits per heavy atom. The van der Waals surface area contributed by atoms with Gasteiger partial charge in [-0.05, 0) is 28.5 Å². The van der Waals surface area contributed by atoms with E-state index in [1.54, 1.807) is 11.8 Å². The number of nitrogens with zero attached hydrogens (tertiary/aromatic N) is 2. The van der Waals surface area contributed by atoms with E-state index >= 15 is 0 Å². The van der Waals surface area contributed by atoms with Crippen LogP contribution in [0.25, 0.3) is 10.8 Å². The van der Waals surface area contributed by atoms with Gasteiger partial charge in [0.15, 0.2) is 0 Å². The van der Waals surface area contributed by atoms with Crippen LogP contribution in [-0.2, 0) is 14.8 Å². The first-order valence-electron chi connectivity index (χ1n) is 10.5. The number of sulfonamides is 1. The van der Waals surface area contributed by atoms with E-state index in [-0.39, 0.29) is 30.7 Å². The van der Waals surface area contributed by atoms with Crippen LogP contribution in [0, 0.1) is 0 Å². The average molecular weight is 458 g/mol. The number of rotatable bonds is 8. The SMILES string of the molecule is O=C(C[C@H](c1cccc2ccccc12)n1cccc1)NCCS(=O)(=O)N1CCSCC1. The van der Waals surface area contributed by atoms with Gasteiger partial charge in [-0.3, -0.25) is 4.79 Å². The van der Waals surface area contributed by atoms with E-state index in [1.807, 2.05) is 47.3 Å². The molecule has 1 aliphatic heterocycles. The fourth-order valence-corrected chi connectivity index (χ4v) is 6.49. The number of hydrogen-bond acceptors (Lipinski definition) is 4. The Labute approximate surface area is 187 Å². The van der Waals surface area contributed by atoms with Gasteiger partial charge in [-0.25, -0.2) is 12.7 Å². The van der Waals surface area contributed by atoms with E-state index in [0.29, 0.717) is 13.1 Å². The molecule has 1 N–H and O–H groups in total. The summed E-state index contributed by atoms with van der Waals surface area (Å²) in [5, 5.41) is 5.07. The molecule has 164 valence electrons.